The number of carbonyl (C=O) groups excluding carboxylic acids is 1. The molecule has 0 fully saturated rings. The van der Waals surface area contributed by atoms with Crippen LogP contribution in [0.25, 0.3) is 0 Å². The van der Waals surface area contributed by atoms with E-state index in [1.165, 1.54) is 11.1 Å². The Kier molecular flexibility index (Phi) is 5.83. The molecule has 0 radical (unpaired) electrons. The van der Waals surface area contributed by atoms with Crippen LogP contribution in [0.4, 0.5) is 0 Å². The first-order valence-electron chi connectivity index (χ1n) is 6.63. The van der Waals surface area contributed by atoms with Gasteiger partial charge in [0, 0.05) is 20.1 Å². The molecule has 4 heteroatoms. The van der Waals surface area contributed by atoms with Crippen molar-refractivity contribution in [2.75, 3.05) is 13.6 Å². The van der Waals surface area contributed by atoms with E-state index in [1.54, 1.807) is 0 Å². The van der Waals surface area contributed by atoms with Gasteiger partial charge in [0.2, 0.25) is 5.91 Å². The van der Waals surface area contributed by atoms with Crippen LogP contribution in [0.3, 0.4) is 0 Å². The molecule has 1 atom stereocenters. The fraction of sp³-hybridized carbons (Fsp3) is 0.533. The predicted molar refractivity (Wildman–Crippen MR) is 80.5 cm³/mol. The number of rotatable bonds is 3. The van der Waals surface area contributed by atoms with E-state index >= 15 is 0 Å². The molecule has 1 aliphatic heterocycles. The molecule has 1 heterocycles. The van der Waals surface area contributed by atoms with Crippen LogP contribution in [-0.2, 0) is 17.8 Å². The Morgan fingerprint density at radius 3 is 2.63 bits per heavy atom. The summed E-state index contributed by atoms with van der Waals surface area (Å²) >= 11 is 0. The van der Waals surface area contributed by atoms with Gasteiger partial charge in [0.15, 0.2) is 0 Å². The SMILES string of the molecule is CC(C)CN(C)C(=O)C1Cc2ccccc2CN1.Cl. The first kappa shape index (κ1) is 16.0. The number of carbonyl (C=O) groups is 1. The third kappa shape index (κ3) is 3.95. The molecule has 1 aromatic rings. The Morgan fingerprint density at radius 2 is 2.00 bits per heavy atom. The Labute approximate surface area is 121 Å². The lowest BCUT2D eigenvalue weighted by molar-refractivity contribution is -0.132. The topological polar surface area (TPSA) is 32.3 Å². The number of halogens is 1. The van der Waals surface area contributed by atoms with Crippen molar-refractivity contribution in [3.8, 4) is 0 Å². The van der Waals surface area contributed by atoms with Crippen LogP contribution in [0, 0.1) is 5.92 Å². The van der Waals surface area contributed by atoms with Gasteiger partial charge in [0.1, 0.15) is 0 Å². The van der Waals surface area contributed by atoms with E-state index in [4.69, 9.17) is 0 Å². The number of likely N-dealkylation sites (N-methyl/N-ethyl adjacent to an activating group) is 1. The van der Waals surface area contributed by atoms with Crippen LogP contribution in [0.1, 0.15) is 25.0 Å². The highest BCUT2D eigenvalue weighted by molar-refractivity contribution is 5.85. The summed E-state index contributed by atoms with van der Waals surface area (Å²) in [6, 6.07) is 8.28. The van der Waals surface area contributed by atoms with Crippen molar-refractivity contribution >= 4 is 18.3 Å². The summed E-state index contributed by atoms with van der Waals surface area (Å²) in [5.41, 5.74) is 2.61. The molecule has 106 valence electrons. The molecule has 0 aromatic heterocycles. The normalized spacial score (nSPS) is 17.6. The molecule has 2 rings (SSSR count). The molecule has 3 nitrogen and oxygen atoms in total. The van der Waals surface area contributed by atoms with Crippen molar-refractivity contribution in [2.24, 2.45) is 5.92 Å². The summed E-state index contributed by atoms with van der Waals surface area (Å²) in [5, 5.41) is 3.34. The Hall–Kier alpha value is -1.06. The largest absolute Gasteiger partial charge is 0.344 e. The molecule has 1 amide bonds. The number of nitrogens with zero attached hydrogens (tertiary/aromatic N) is 1. The van der Waals surface area contributed by atoms with E-state index in [9.17, 15) is 4.79 Å². The molecule has 19 heavy (non-hydrogen) atoms. The number of benzene rings is 1. The van der Waals surface area contributed by atoms with Gasteiger partial charge in [-0.2, -0.15) is 0 Å². The highest BCUT2D eigenvalue weighted by Gasteiger charge is 2.26. The summed E-state index contributed by atoms with van der Waals surface area (Å²) in [6.07, 6.45) is 0.803. The van der Waals surface area contributed by atoms with E-state index in [2.05, 4.69) is 31.3 Å². The summed E-state index contributed by atoms with van der Waals surface area (Å²) in [7, 11) is 1.89. The van der Waals surface area contributed by atoms with Crippen molar-refractivity contribution < 1.29 is 4.79 Å². The average molecular weight is 283 g/mol. The lowest BCUT2D eigenvalue weighted by Crippen LogP contribution is -2.48. The van der Waals surface area contributed by atoms with Crippen molar-refractivity contribution in [1.82, 2.24) is 10.2 Å². The third-order valence-corrected chi connectivity index (χ3v) is 3.39. The maximum atomic E-state index is 12.3. The van der Waals surface area contributed by atoms with E-state index in [-0.39, 0.29) is 24.4 Å². The monoisotopic (exact) mass is 282 g/mol. The smallest absolute Gasteiger partial charge is 0.239 e. The van der Waals surface area contributed by atoms with Gasteiger partial charge in [0.25, 0.3) is 0 Å². The van der Waals surface area contributed by atoms with Crippen LogP contribution in [0.2, 0.25) is 0 Å². The fourth-order valence-electron chi connectivity index (χ4n) is 2.53. The van der Waals surface area contributed by atoms with Gasteiger partial charge >= 0.3 is 0 Å². The number of fused-ring (bicyclic) bond motifs is 1. The van der Waals surface area contributed by atoms with Crippen molar-refractivity contribution in [3.63, 3.8) is 0 Å². The number of nitrogens with one attached hydrogen (secondary N) is 1. The Balaban J connectivity index is 0.00000180. The van der Waals surface area contributed by atoms with E-state index < -0.39 is 0 Å². The highest BCUT2D eigenvalue weighted by atomic mass is 35.5. The zero-order valence-corrected chi connectivity index (χ0v) is 12.7. The Morgan fingerprint density at radius 1 is 1.37 bits per heavy atom. The van der Waals surface area contributed by atoms with Gasteiger partial charge in [0.05, 0.1) is 6.04 Å². The van der Waals surface area contributed by atoms with Crippen LogP contribution in [0.5, 0.6) is 0 Å². The van der Waals surface area contributed by atoms with Gasteiger partial charge in [-0.3, -0.25) is 4.79 Å². The summed E-state index contributed by atoms with van der Waals surface area (Å²) in [6.45, 7) is 5.88. The van der Waals surface area contributed by atoms with E-state index in [0.29, 0.717) is 5.92 Å². The van der Waals surface area contributed by atoms with Crippen LogP contribution < -0.4 is 5.32 Å². The van der Waals surface area contributed by atoms with Gasteiger partial charge in [-0.25, -0.2) is 0 Å². The van der Waals surface area contributed by atoms with Gasteiger partial charge in [-0.05, 0) is 23.5 Å². The van der Waals surface area contributed by atoms with Gasteiger partial charge in [-0.15, -0.1) is 12.4 Å². The molecule has 1 unspecified atom stereocenters. The van der Waals surface area contributed by atoms with Gasteiger partial charge in [-0.1, -0.05) is 38.1 Å². The van der Waals surface area contributed by atoms with E-state index in [1.807, 2.05) is 24.1 Å². The molecule has 1 N–H and O–H groups in total. The van der Waals surface area contributed by atoms with Crippen molar-refractivity contribution in [3.05, 3.63) is 35.4 Å². The molecule has 1 aliphatic rings. The second kappa shape index (κ2) is 6.92. The van der Waals surface area contributed by atoms with E-state index in [0.717, 1.165) is 19.5 Å². The fourth-order valence-corrected chi connectivity index (χ4v) is 2.53. The zero-order chi connectivity index (χ0) is 13.1. The predicted octanol–water partition coefficient (Wildman–Crippen LogP) is 2.24. The molecule has 0 saturated carbocycles. The second-order valence-electron chi connectivity index (χ2n) is 5.52. The third-order valence-electron chi connectivity index (χ3n) is 3.39. The maximum Gasteiger partial charge on any atom is 0.239 e. The minimum absolute atomic E-state index is 0. The maximum absolute atomic E-state index is 12.3. The second-order valence-corrected chi connectivity index (χ2v) is 5.52. The zero-order valence-electron chi connectivity index (χ0n) is 11.8. The number of hydrogen-bond acceptors (Lipinski definition) is 2. The Bertz CT molecular complexity index is 434. The molecule has 0 aliphatic carbocycles. The molecular formula is C15H23ClN2O. The first-order chi connectivity index (χ1) is 8.58. The minimum Gasteiger partial charge on any atom is -0.344 e. The summed E-state index contributed by atoms with van der Waals surface area (Å²) in [4.78, 5) is 14.2. The lowest BCUT2D eigenvalue weighted by atomic mass is 9.95. The van der Waals surface area contributed by atoms with Crippen molar-refractivity contribution in [2.45, 2.75) is 32.9 Å². The molecule has 0 spiro atoms. The minimum atomic E-state index is -0.0661. The van der Waals surface area contributed by atoms with Crippen LogP contribution in [0.15, 0.2) is 24.3 Å². The van der Waals surface area contributed by atoms with Crippen LogP contribution in [-0.4, -0.2) is 30.4 Å². The first-order valence-corrected chi connectivity index (χ1v) is 6.63. The molecule has 0 saturated heterocycles. The lowest BCUT2D eigenvalue weighted by Gasteiger charge is -2.29. The van der Waals surface area contributed by atoms with Crippen LogP contribution >= 0.6 is 12.4 Å². The van der Waals surface area contributed by atoms with Gasteiger partial charge < -0.3 is 10.2 Å². The number of hydrogen-bond donors (Lipinski definition) is 1. The quantitative estimate of drug-likeness (QED) is 0.922. The highest BCUT2D eigenvalue weighted by Crippen LogP contribution is 2.17. The number of amides is 1. The molecule has 0 bridgehead atoms. The molecular weight excluding hydrogens is 260 g/mol. The van der Waals surface area contributed by atoms with Crippen molar-refractivity contribution in [1.29, 1.82) is 0 Å². The average Bonchev–Trinajstić information content (AvgIpc) is 2.36. The molecule has 1 aromatic carbocycles. The summed E-state index contributed by atoms with van der Waals surface area (Å²) in [5.74, 6) is 0.716. The summed E-state index contributed by atoms with van der Waals surface area (Å²) < 4.78 is 0. The standard InChI is InChI=1S/C15H22N2O.ClH/c1-11(2)10-17(3)15(18)14-8-12-6-4-5-7-13(12)9-16-14;/h4-7,11,14,16H,8-10H2,1-3H3;1H.